The lowest BCUT2D eigenvalue weighted by atomic mass is 10.1. The Morgan fingerprint density at radius 3 is 2.38 bits per heavy atom. The SMILES string of the molecule is FC(F)(F)c1ccc(-c2cc(Oc3cccc4sc(-c5ccncc5)nc34)ncn2)cc1. The van der Waals surface area contributed by atoms with E-state index in [4.69, 9.17) is 9.72 Å². The van der Waals surface area contributed by atoms with Gasteiger partial charge in [0, 0.05) is 29.6 Å². The summed E-state index contributed by atoms with van der Waals surface area (Å²) in [5.74, 6) is 0.789. The second-order valence-corrected chi connectivity index (χ2v) is 7.81. The zero-order chi connectivity index (χ0) is 22.1. The molecule has 0 amide bonds. The Balaban J connectivity index is 1.45. The van der Waals surface area contributed by atoms with E-state index in [0.717, 1.165) is 27.4 Å². The number of ether oxygens (including phenoxy) is 1. The highest BCUT2D eigenvalue weighted by Gasteiger charge is 2.30. The van der Waals surface area contributed by atoms with Gasteiger partial charge < -0.3 is 4.74 Å². The summed E-state index contributed by atoms with van der Waals surface area (Å²) in [6.07, 6.45) is 0.344. The second kappa shape index (κ2) is 8.01. The molecule has 0 unspecified atom stereocenters. The molecule has 0 saturated heterocycles. The van der Waals surface area contributed by atoms with Crippen molar-refractivity contribution in [1.82, 2.24) is 19.9 Å². The van der Waals surface area contributed by atoms with Crippen molar-refractivity contribution >= 4 is 21.6 Å². The Kier molecular flexibility index (Phi) is 5.02. The molecule has 0 bridgehead atoms. The van der Waals surface area contributed by atoms with Gasteiger partial charge in [0.1, 0.15) is 16.9 Å². The molecule has 0 aliphatic rings. The lowest BCUT2D eigenvalue weighted by Gasteiger charge is -2.09. The molecule has 5 aromatic rings. The Morgan fingerprint density at radius 1 is 0.844 bits per heavy atom. The molecular weight excluding hydrogens is 437 g/mol. The molecule has 0 N–H and O–H groups in total. The van der Waals surface area contributed by atoms with Crippen molar-refractivity contribution in [3.63, 3.8) is 0 Å². The number of hydrogen-bond acceptors (Lipinski definition) is 6. The maximum absolute atomic E-state index is 12.8. The van der Waals surface area contributed by atoms with Gasteiger partial charge in [-0.2, -0.15) is 13.2 Å². The molecule has 5 nitrogen and oxygen atoms in total. The van der Waals surface area contributed by atoms with E-state index in [0.29, 0.717) is 22.5 Å². The van der Waals surface area contributed by atoms with Crippen LogP contribution in [0.15, 0.2) is 79.4 Å². The largest absolute Gasteiger partial charge is 0.437 e. The van der Waals surface area contributed by atoms with Crippen LogP contribution in [0, 0.1) is 0 Å². The fourth-order valence-electron chi connectivity index (χ4n) is 3.12. The van der Waals surface area contributed by atoms with Gasteiger partial charge >= 0.3 is 6.18 Å². The predicted octanol–water partition coefficient (Wildman–Crippen LogP) is 6.63. The molecule has 3 heterocycles. The molecule has 32 heavy (non-hydrogen) atoms. The first-order chi connectivity index (χ1) is 15.5. The first-order valence-electron chi connectivity index (χ1n) is 9.45. The van der Waals surface area contributed by atoms with E-state index in [1.165, 1.54) is 29.8 Å². The summed E-state index contributed by atoms with van der Waals surface area (Å²) in [6, 6.07) is 15.8. The number of halogens is 3. The number of benzene rings is 2. The third kappa shape index (κ3) is 4.02. The summed E-state index contributed by atoms with van der Waals surface area (Å²) in [6.45, 7) is 0. The van der Waals surface area contributed by atoms with Crippen molar-refractivity contribution in [2.75, 3.05) is 0 Å². The normalized spacial score (nSPS) is 11.6. The van der Waals surface area contributed by atoms with E-state index in [1.54, 1.807) is 24.5 Å². The number of rotatable bonds is 4. The molecule has 0 radical (unpaired) electrons. The Morgan fingerprint density at radius 2 is 1.62 bits per heavy atom. The van der Waals surface area contributed by atoms with Crippen molar-refractivity contribution < 1.29 is 17.9 Å². The molecule has 0 aliphatic heterocycles. The fraction of sp³-hybridized carbons (Fsp3) is 0.0435. The summed E-state index contributed by atoms with van der Waals surface area (Å²) >= 11 is 1.53. The molecule has 0 atom stereocenters. The minimum Gasteiger partial charge on any atom is -0.437 e. The molecule has 5 rings (SSSR count). The average molecular weight is 450 g/mol. The summed E-state index contributed by atoms with van der Waals surface area (Å²) < 4.78 is 45.4. The van der Waals surface area contributed by atoms with Gasteiger partial charge in [-0.15, -0.1) is 11.3 Å². The molecule has 0 spiro atoms. The van der Waals surface area contributed by atoms with Crippen LogP contribution in [-0.2, 0) is 6.18 Å². The van der Waals surface area contributed by atoms with Crippen molar-refractivity contribution in [3.8, 4) is 33.5 Å². The highest BCUT2D eigenvalue weighted by atomic mass is 32.1. The number of para-hydroxylation sites is 1. The zero-order valence-corrected chi connectivity index (χ0v) is 17.1. The van der Waals surface area contributed by atoms with Crippen molar-refractivity contribution in [1.29, 1.82) is 0 Å². The first-order valence-corrected chi connectivity index (χ1v) is 10.3. The molecule has 3 aromatic heterocycles. The summed E-state index contributed by atoms with van der Waals surface area (Å²) in [7, 11) is 0. The quantitative estimate of drug-likeness (QED) is 0.308. The van der Waals surface area contributed by atoms with Crippen LogP contribution in [0.4, 0.5) is 13.2 Å². The minimum atomic E-state index is -4.39. The minimum absolute atomic E-state index is 0.265. The number of nitrogens with zero attached hydrogens (tertiary/aromatic N) is 4. The van der Waals surface area contributed by atoms with Crippen LogP contribution in [-0.4, -0.2) is 19.9 Å². The fourth-order valence-corrected chi connectivity index (χ4v) is 4.11. The number of hydrogen-bond donors (Lipinski definition) is 0. The van der Waals surface area contributed by atoms with Gasteiger partial charge in [0.15, 0.2) is 5.75 Å². The monoisotopic (exact) mass is 450 g/mol. The molecule has 158 valence electrons. The Hall–Kier alpha value is -3.85. The molecule has 0 fully saturated rings. The number of fused-ring (bicyclic) bond motifs is 1. The third-order valence-electron chi connectivity index (χ3n) is 4.67. The topological polar surface area (TPSA) is 60.8 Å². The predicted molar refractivity (Wildman–Crippen MR) is 115 cm³/mol. The van der Waals surface area contributed by atoms with E-state index < -0.39 is 11.7 Å². The van der Waals surface area contributed by atoms with E-state index in [1.807, 2.05) is 24.3 Å². The molecular formula is C23H13F3N4OS. The van der Waals surface area contributed by atoms with Crippen LogP contribution < -0.4 is 4.74 Å². The maximum atomic E-state index is 12.8. The maximum Gasteiger partial charge on any atom is 0.416 e. The summed E-state index contributed by atoms with van der Waals surface area (Å²) in [4.78, 5) is 17.0. The Bertz CT molecular complexity index is 1390. The average Bonchev–Trinajstić information content (AvgIpc) is 3.25. The molecule has 9 heteroatoms. The summed E-state index contributed by atoms with van der Waals surface area (Å²) in [5, 5.41) is 0.839. The number of aromatic nitrogens is 4. The standard InChI is InChI=1S/C23H13F3N4OS/c24-23(25,26)16-6-4-14(5-7-16)17-12-20(29-13-28-17)31-18-2-1-3-19-21(18)30-22(32-19)15-8-10-27-11-9-15/h1-13H. The lowest BCUT2D eigenvalue weighted by molar-refractivity contribution is -0.137. The number of alkyl halides is 3. The lowest BCUT2D eigenvalue weighted by Crippen LogP contribution is -2.04. The van der Waals surface area contributed by atoms with Crippen molar-refractivity contribution in [2.45, 2.75) is 6.18 Å². The van der Waals surface area contributed by atoms with Crippen molar-refractivity contribution in [2.24, 2.45) is 0 Å². The van der Waals surface area contributed by atoms with E-state index >= 15 is 0 Å². The third-order valence-corrected chi connectivity index (χ3v) is 5.74. The van der Waals surface area contributed by atoms with Gasteiger partial charge in [-0.05, 0) is 36.4 Å². The zero-order valence-electron chi connectivity index (χ0n) is 16.2. The molecule has 0 aliphatic carbocycles. The van der Waals surface area contributed by atoms with Gasteiger partial charge in [0.25, 0.3) is 0 Å². The first kappa shape index (κ1) is 20.1. The van der Waals surface area contributed by atoms with Gasteiger partial charge in [-0.25, -0.2) is 15.0 Å². The number of thiazole rings is 1. The van der Waals surface area contributed by atoms with E-state index in [9.17, 15) is 13.2 Å². The van der Waals surface area contributed by atoms with E-state index in [2.05, 4.69) is 15.0 Å². The van der Waals surface area contributed by atoms with Crippen LogP contribution in [0.3, 0.4) is 0 Å². The smallest absolute Gasteiger partial charge is 0.416 e. The van der Waals surface area contributed by atoms with E-state index in [-0.39, 0.29) is 5.88 Å². The Labute approximate surface area is 184 Å². The van der Waals surface area contributed by atoms with Gasteiger partial charge in [0.2, 0.25) is 5.88 Å². The van der Waals surface area contributed by atoms with Crippen LogP contribution in [0.5, 0.6) is 11.6 Å². The van der Waals surface area contributed by atoms with Crippen LogP contribution in [0.1, 0.15) is 5.56 Å². The molecule has 2 aromatic carbocycles. The second-order valence-electron chi connectivity index (χ2n) is 6.78. The molecule has 0 saturated carbocycles. The highest BCUT2D eigenvalue weighted by molar-refractivity contribution is 7.21. The number of pyridine rings is 1. The van der Waals surface area contributed by atoms with Crippen LogP contribution >= 0.6 is 11.3 Å². The van der Waals surface area contributed by atoms with Gasteiger partial charge in [-0.3, -0.25) is 4.98 Å². The van der Waals surface area contributed by atoms with Crippen LogP contribution in [0.25, 0.3) is 32.0 Å². The van der Waals surface area contributed by atoms with Crippen LogP contribution in [0.2, 0.25) is 0 Å². The summed E-state index contributed by atoms with van der Waals surface area (Å²) in [5.41, 5.74) is 1.91. The van der Waals surface area contributed by atoms with Gasteiger partial charge in [0.05, 0.1) is 16.0 Å². The highest BCUT2D eigenvalue weighted by Crippen LogP contribution is 2.36. The van der Waals surface area contributed by atoms with Gasteiger partial charge in [-0.1, -0.05) is 18.2 Å². The van der Waals surface area contributed by atoms with Crippen molar-refractivity contribution in [3.05, 3.63) is 84.9 Å².